The molecule has 0 aromatic rings. The summed E-state index contributed by atoms with van der Waals surface area (Å²) >= 11 is 0. The van der Waals surface area contributed by atoms with Crippen LogP contribution in [-0.2, 0) is 9.59 Å². The van der Waals surface area contributed by atoms with Crippen molar-refractivity contribution in [3.63, 3.8) is 0 Å². The standard InChI is InChI=1S/C14H15NO2/c1-2-7-15-12(16)10-8-3-4-9(11(10)13(15)17)14(8)5-6-14/h2-4,8-11H,1,5-7H2/t8-,9-,10-,11-/m1/s1. The summed E-state index contributed by atoms with van der Waals surface area (Å²) in [5.74, 6) is 0.651. The quantitative estimate of drug-likeness (QED) is 0.530. The molecule has 3 heteroatoms. The maximum absolute atomic E-state index is 12.3. The van der Waals surface area contributed by atoms with Gasteiger partial charge < -0.3 is 0 Å². The van der Waals surface area contributed by atoms with Crippen LogP contribution in [0.5, 0.6) is 0 Å². The van der Waals surface area contributed by atoms with Gasteiger partial charge in [-0.25, -0.2) is 0 Å². The van der Waals surface area contributed by atoms with Crippen LogP contribution in [0.15, 0.2) is 24.8 Å². The summed E-state index contributed by atoms with van der Waals surface area (Å²) in [7, 11) is 0. The minimum absolute atomic E-state index is 0.0445. The molecule has 3 nitrogen and oxygen atoms in total. The van der Waals surface area contributed by atoms with E-state index in [0.717, 1.165) is 0 Å². The predicted molar refractivity (Wildman–Crippen MR) is 61.7 cm³/mol. The number of rotatable bonds is 2. The van der Waals surface area contributed by atoms with Gasteiger partial charge in [-0.15, -0.1) is 6.58 Å². The molecule has 1 spiro atoms. The van der Waals surface area contributed by atoms with Gasteiger partial charge in [-0.3, -0.25) is 14.5 Å². The van der Waals surface area contributed by atoms with Gasteiger partial charge in [0.2, 0.25) is 11.8 Å². The Kier molecular flexibility index (Phi) is 1.54. The molecule has 3 fully saturated rings. The summed E-state index contributed by atoms with van der Waals surface area (Å²) in [4.78, 5) is 26.0. The third-order valence-corrected chi connectivity index (χ3v) is 5.26. The average molecular weight is 229 g/mol. The average Bonchev–Trinajstić information content (AvgIpc) is 2.93. The molecule has 1 aliphatic heterocycles. The van der Waals surface area contributed by atoms with Crippen LogP contribution in [0.4, 0.5) is 0 Å². The fraction of sp³-hybridized carbons (Fsp3) is 0.571. The molecule has 0 radical (unpaired) electrons. The predicted octanol–water partition coefficient (Wildman–Crippen LogP) is 1.37. The van der Waals surface area contributed by atoms with Crippen molar-refractivity contribution in [1.29, 1.82) is 0 Å². The van der Waals surface area contributed by atoms with Crippen LogP contribution >= 0.6 is 0 Å². The molecule has 2 bridgehead atoms. The Morgan fingerprint density at radius 2 is 1.76 bits per heavy atom. The van der Waals surface area contributed by atoms with Crippen molar-refractivity contribution in [1.82, 2.24) is 4.90 Å². The Hall–Kier alpha value is -1.38. The number of carbonyl (C=O) groups is 2. The van der Waals surface area contributed by atoms with E-state index in [1.54, 1.807) is 6.08 Å². The summed E-state index contributed by atoms with van der Waals surface area (Å²) in [6.07, 6.45) is 8.43. The highest BCUT2D eigenvalue weighted by Gasteiger charge is 2.73. The molecule has 1 heterocycles. The van der Waals surface area contributed by atoms with E-state index in [9.17, 15) is 9.59 Å². The minimum atomic E-state index is -0.0556. The summed E-state index contributed by atoms with van der Waals surface area (Å²) < 4.78 is 0. The zero-order valence-corrected chi connectivity index (χ0v) is 9.63. The molecule has 2 saturated carbocycles. The highest BCUT2D eigenvalue weighted by atomic mass is 16.2. The van der Waals surface area contributed by atoms with E-state index in [2.05, 4.69) is 18.7 Å². The van der Waals surface area contributed by atoms with Crippen LogP contribution in [0.25, 0.3) is 0 Å². The topological polar surface area (TPSA) is 37.4 Å². The van der Waals surface area contributed by atoms with Crippen molar-refractivity contribution < 1.29 is 9.59 Å². The van der Waals surface area contributed by atoms with Crippen molar-refractivity contribution in [2.45, 2.75) is 12.8 Å². The molecule has 88 valence electrons. The first-order valence-corrected chi connectivity index (χ1v) is 6.35. The zero-order chi connectivity index (χ0) is 11.8. The second-order valence-electron chi connectivity index (χ2n) is 5.80. The molecule has 0 aromatic carbocycles. The third-order valence-electron chi connectivity index (χ3n) is 5.26. The van der Waals surface area contributed by atoms with E-state index < -0.39 is 0 Å². The SMILES string of the molecule is C=CCN1C(=O)[C@H]2[C@H](C1=O)[C@H]1C=C[C@H]2C12CC2. The number of hydrogen-bond acceptors (Lipinski definition) is 2. The van der Waals surface area contributed by atoms with Gasteiger partial charge in [0, 0.05) is 6.54 Å². The molecule has 17 heavy (non-hydrogen) atoms. The molecule has 4 aliphatic rings. The van der Waals surface area contributed by atoms with E-state index in [1.165, 1.54) is 17.7 Å². The molecule has 4 rings (SSSR count). The molecule has 0 aromatic heterocycles. The number of likely N-dealkylation sites (tertiary alicyclic amines) is 1. The van der Waals surface area contributed by atoms with Crippen molar-refractivity contribution in [2.75, 3.05) is 6.54 Å². The van der Waals surface area contributed by atoms with Crippen LogP contribution in [0.1, 0.15) is 12.8 Å². The molecule has 3 aliphatic carbocycles. The second-order valence-corrected chi connectivity index (χ2v) is 5.80. The van der Waals surface area contributed by atoms with Gasteiger partial charge in [0.25, 0.3) is 0 Å². The Labute approximate surface area is 100 Å². The van der Waals surface area contributed by atoms with Gasteiger partial charge in [-0.05, 0) is 30.1 Å². The van der Waals surface area contributed by atoms with Crippen LogP contribution in [0.2, 0.25) is 0 Å². The van der Waals surface area contributed by atoms with Crippen LogP contribution in [0, 0.1) is 29.1 Å². The van der Waals surface area contributed by atoms with Gasteiger partial charge >= 0.3 is 0 Å². The molecule has 1 saturated heterocycles. The number of imide groups is 1. The summed E-state index contributed by atoms with van der Waals surface area (Å²) in [6, 6.07) is 0. The number of amides is 2. The first-order valence-electron chi connectivity index (χ1n) is 6.35. The molecule has 4 atom stereocenters. The second kappa shape index (κ2) is 2.71. The van der Waals surface area contributed by atoms with E-state index in [4.69, 9.17) is 0 Å². The summed E-state index contributed by atoms with van der Waals surface area (Å²) in [6.45, 7) is 3.99. The molecular formula is C14H15NO2. The summed E-state index contributed by atoms with van der Waals surface area (Å²) in [5, 5.41) is 0. The monoisotopic (exact) mass is 229 g/mol. The minimum Gasteiger partial charge on any atom is -0.278 e. The smallest absolute Gasteiger partial charge is 0.234 e. The Morgan fingerprint density at radius 3 is 2.18 bits per heavy atom. The maximum atomic E-state index is 12.3. The molecular weight excluding hydrogens is 214 g/mol. The summed E-state index contributed by atoms with van der Waals surface area (Å²) in [5.41, 5.74) is 0.306. The normalized spacial score (nSPS) is 43.6. The molecule has 2 amide bonds. The lowest BCUT2D eigenvalue weighted by Gasteiger charge is -2.20. The van der Waals surface area contributed by atoms with E-state index in [-0.39, 0.29) is 23.7 Å². The fourth-order valence-corrected chi connectivity index (χ4v) is 4.45. The Bertz CT molecular complexity index is 441. The largest absolute Gasteiger partial charge is 0.278 e. The number of nitrogens with zero attached hydrogens (tertiary/aromatic N) is 1. The van der Waals surface area contributed by atoms with Crippen molar-refractivity contribution in [3.05, 3.63) is 24.8 Å². The van der Waals surface area contributed by atoms with E-state index in [1.807, 2.05) is 0 Å². The number of allylic oxidation sites excluding steroid dienone is 2. The van der Waals surface area contributed by atoms with E-state index >= 15 is 0 Å². The molecule has 0 N–H and O–H groups in total. The first kappa shape index (κ1) is 9.63. The number of carbonyl (C=O) groups excluding carboxylic acids is 2. The highest BCUT2D eigenvalue weighted by molar-refractivity contribution is 6.06. The first-order chi connectivity index (χ1) is 8.20. The fourth-order valence-electron chi connectivity index (χ4n) is 4.45. The maximum Gasteiger partial charge on any atom is 0.234 e. The third kappa shape index (κ3) is 0.874. The highest BCUT2D eigenvalue weighted by Crippen LogP contribution is 2.73. The van der Waals surface area contributed by atoms with Crippen LogP contribution in [-0.4, -0.2) is 23.3 Å². The van der Waals surface area contributed by atoms with Crippen molar-refractivity contribution >= 4 is 11.8 Å². The van der Waals surface area contributed by atoms with E-state index in [0.29, 0.717) is 23.8 Å². The molecule has 0 unspecified atom stereocenters. The Morgan fingerprint density at radius 1 is 1.24 bits per heavy atom. The number of fused-ring (bicyclic) bond motifs is 3. The van der Waals surface area contributed by atoms with Gasteiger partial charge in [0.15, 0.2) is 0 Å². The van der Waals surface area contributed by atoms with Gasteiger partial charge in [-0.1, -0.05) is 18.2 Å². The lowest BCUT2D eigenvalue weighted by atomic mass is 9.85. The van der Waals surface area contributed by atoms with Crippen molar-refractivity contribution in [3.8, 4) is 0 Å². The zero-order valence-electron chi connectivity index (χ0n) is 9.63. The van der Waals surface area contributed by atoms with Crippen molar-refractivity contribution in [2.24, 2.45) is 29.1 Å². The van der Waals surface area contributed by atoms with Crippen LogP contribution in [0.3, 0.4) is 0 Å². The Balaban J connectivity index is 1.76. The number of hydrogen-bond donors (Lipinski definition) is 0. The lowest BCUT2D eigenvalue weighted by molar-refractivity contribution is -0.140. The van der Waals surface area contributed by atoms with Gasteiger partial charge in [0.05, 0.1) is 11.8 Å². The van der Waals surface area contributed by atoms with Crippen LogP contribution < -0.4 is 0 Å². The van der Waals surface area contributed by atoms with Gasteiger partial charge in [-0.2, -0.15) is 0 Å². The van der Waals surface area contributed by atoms with Gasteiger partial charge in [0.1, 0.15) is 0 Å². The lowest BCUT2D eigenvalue weighted by Crippen LogP contribution is -2.34.